The Morgan fingerprint density at radius 1 is 1.38 bits per heavy atom. The molecule has 0 saturated carbocycles. The molecule has 2 rings (SSSR count). The molecule has 2 nitrogen and oxygen atoms in total. The number of carbonyl (C=O) groups excluding carboxylic acids is 1. The van der Waals surface area contributed by atoms with Crippen molar-refractivity contribution < 1.29 is 4.79 Å². The molecular formula is C13H16BrNO. The summed E-state index contributed by atoms with van der Waals surface area (Å²) in [6.45, 7) is 3.69. The fourth-order valence-corrected chi connectivity index (χ4v) is 2.58. The molecule has 1 atom stereocenters. The highest BCUT2D eigenvalue weighted by Gasteiger charge is 2.26. The number of nitrogens with zero attached hydrogens (tertiary/aromatic N) is 1. The lowest BCUT2D eigenvalue weighted by atomic mass is 10.1. The van der Waals surface area contributed by atoms with Gasteiger partial charge in [-0.25, -0.2) is 0 Å². The van der Waals surface area contributed by atoms with Gasteiger partial charge in [-0.1, -0.05) is 45.8 Å². The van der Waals surface area contributed by atoms with Crippen molar-refractivity contribution in [2.75, 3.05) is 6.54 Å². The van der Waals surface area contributed by atoms with Gasteiger partial charge in [0.15, 0.2) is 0 Å². The maximum atomic E-state index is 11.9. The van der Waals surface area contributed by atoms with Crippen LogP contribution in [0.4, 0.5) is 0 Å². The third-order valence-corrected chi connectivity index (χ3v) is 3.81. The van der Waals surface area contributed by atoms with E-state index in [0.717, 1.165) is 25.9 Å². The highest BCUT2D eigenvalue weighted by Crippen LogP contribution is 2.20. The molecule has 1 aliphatic heterocycles. The van der Waals surface area contributed by atoms with E-state index in [2.05, 4.69) is 47.1 Å². The van der Waals surface area contributed by atoms with E-state index in [0.29, 0.717) is 0 Å². The fraction of sp³-hybridized carbons (Fsp3) is 0.462. The highest BCUT2D eigenvalue weighted by molar-refractivity contribution is 9.10. The zero-order valence-electron chi connectivity index (χ0n) is 9.45. The number of amides is 1. The molecule has 0 N–H and O–H groups in total. The minimum absolute atomic E-state index is 0.0201. The first-order valence-corrected chi connectivity index (χ1v) is 6.57. The minimum atomic E-state index is 0.0201. The van der Waals surface area contributed by atoms with E-state index in [-0.39, 0.29) is 10.7 Å². The molecule has 0 spiro atoms. The summed E-state index contributed by atoms with van der Waals surface area (Å²) >= 11 is 3.43. The molecular weight excluding hydrogens is 266 g/mol. The molecule has 0 aliphatic carbocycles. The molecule has 3 heteroatoms. The van der Waals surface area contributed by atoms with Crippen LogP contribution >= 0.6 is 15.9 Å². The van der Waals surface area contributed by atoms with Crippen LogP contribution in [0.2, 0.25) is 0 Å². The van der Waals surface area contributed by atoms with Gasteiger partial charge in [-0.15, -0.1) is 0 Å². The first kappa shape index (κ1) is 11.6. The van der Waals surface area contributed by atoms with Crippen LogP contribution in [0.15, 0.2) is 24.3 Å². The molecule has 0 aromatic heterocycles. The maximum absolute atomic E-state index is 11.9. The second-order valence-electron chi connectivity index (χ2n) is 4.36. The van der Waals surface area contributed by atoms with Gasteiger partial charge in [0.25, 0.3) is 0 Å². The zero-order chi connectivity index (χ0) is 11.5. The Morgan fingerprint density at radius 3 is 2.75 bits per heavy atom. The number of benzene rings is 1. The standard InChI is InChI=1S/C13H16BrNO/c1-10-4-6-11(7-5-10)9-15-8-2-3-12(14)13(15)16/h4-7,12H,2-3,8-9H2,1H3. The topological polar surface area (TPSA) is 20.3 Å². The number of alkyl halides is 1. The van der Waals surface area contributed by atoms with Crippen molar-refractivity contribution in [3.63, 3.8) is 0 Å². The average molecular weight is 282 g/mol. The summed E-state index contributed by atoms with van der Waals surface area (Å²) in [5, 5.41) is 0. The molecule has 1 aromatic carbocycles. The van der Waals surface area contributed by atoms with E-state index >= 15 is 0 Å². The van der Waals surface area contributed by atoms with Crippen molar-refractivity contribution in [3.05, 3.63) is 35.4 Å². The minimum Gasteiger partial charge on any atom is -0.337 e. The van der Waals surface area contributed by atoms with Crippen LogP contribution in [0, 0.1) is 6.92 Å². The maximum Gasteiger partial charge on any atom is 0.236 e. The molecule has 1 saturated heterocycles. The van der Waals surface area contributed by atoms with Gasteiger partial charge < -0.3 is 4.90 Å². The quantitative estimate of drug-likeness (QED) is 0.764. The van der Waals surface area contributed by atoms with Gasteiger partial charge in [0.1, 0.15) is 0 Å². The molecule has 1 unspecified atom stereocenters. The smallest absolute Gasteiger partial charge is 0.236 e. The van der Waals surface area contributed by atoms with E-state index in [4.69, 9.17) is 0 Å². The van der Waals surface area contributed by atoms with Crippen LogP contribution in [-0.2, 0) is 11.3 Å². The molecule has 86 valence electrons. The van der Waals surface area contributed by atoms with E-state index < -0.39 is 0 Å². The van der Waals surface area contributed by atoms with E-state index in [1.54, 1.807) is 0 Å². The number of aryl methyl sites for hydroxylation is 1. The average Bonchev–Trinajstić information content (AvgIpc) is 2.28. The Hall–Kier alpha value is -0.830. The molecule has 1 aliphatic rings. The lowest BCUT2D eigenvalue weighted by Crippen LogP contribution is -2.41. The van der Waals surface area contributed by atoms with Crippen LogP contribution in [0.25, 0.3) is 0 Å². The Kier molecular flexibility index (Phi) is 3.64. The molecule has 0 radical (unpaired) electrons. The number of rotatable bonds is 2. The third-order valence-electron chi connectivity index (χ3n) is 2.96. The predicted octanol–water partition coefficient (Wildman–Crippen LogP) is 2.88. The number of halogens is 1. The Labute approximate surface area is 105 Å². The first-order valence-electron chi connectivity index (χ1n) is 5.65. The first-order chi connectivity index (χ1) is 7.66. The molecule has 1 fully saturated rings. The normalized spacial score (nSPS) is 21.2. The van der Waals surface area contributed by atoms with E-state index in [1.165, 1.54) is 11.1 Å². The highest BCUT2D eigenvalue weighted by atomic mass is 79.9. The second-order valence-corrected chi connectivity index (χ2v) is 5.46. The van der Waals surface area contributed by atoms with Crippen molar-refractivity contribution in [2.45, 2.75) is 31.1 Å². The van der Waals surface area contributed by atoms with Crippen molar-refractivity contribution in [1.82, 2.24) is 4.90 Å². The molecule has 1 heterocycles. The number of hydrogen-bond donors (Lipinski definition) is 0. The largest absolute Gasteiger partial charge is 0.337 e. The zero-order valence-corrected chi connectivity index (χ0v) is 11.0. The fourth-order valence-electron chi connectivity index (χ4n) is 1.96. The lowest BCUT2D eigenvalue weighted by molar-refractivity contribution is -0.133. The molecule has 1 aromatic rings. The number of carbonyl (C=O) groups is 1. The van der Waals surface area contributed by atoms with Crippen LogP contribution in [-0.4, -0.2) is 22.2 Å². The molecule has 1 amide bonds. The van der Waals surface area contributed by atoms with Crippen molar-refractivity contribution >= 4 is 21.8 Å². The van der Waals surface area contributed by atoms with Crippen LogP contribution < -0.4 is 0 Å². The number of likely N-dealkylation sites (tertiary alicyclic amines) is 1. The van der Waals surface area contributed by atoms with Gasteiger partial charge >= 0.3 is 0 Å². The number of hydrogen-bond acceptors (Lipinski definition) is 1. The monoisotopic (exact) mass is 281 g/mol. The summed E-state index contributed by atoms with van der Waals surface area (Å²) in [5.74, 6) is 0.229. The van der Waals surface area contributed by atoms with Gasteiger partial charge in [-0.05, 0) is 25.3 Å². The second kappa shape index (κ2) is 5.00. The van der Waals surface area contributed by atoms with Crippen LogP contribution in [0.1, 0.15) is 24.0 Å². The van der Waals surface area contributed by atoms with Gasteiger partial charge in [-0.3, -0.25) is 4.79 Å². The summed E-state index contributed by atoms with van der Waals surface area (Å²) in [5.41, 5.74) is 2.47. The lowest BCUT2D eigenvalue weighted by Gasteiger charge is -2.29. The summed E-state index contributed by atoms with van der Waals surface area (Å²) in [6.07, 6.45) is 2.05. The summed E-state index contributed by atoms with van der Waals surface area (Å²) in [4.78, 5) is 13.8. The van der Waals surface area contributed by atoms with Gasteiger partial charge in [-0.2, -0.15) is 0 Å². The van der Waals surface area contributed by atoms with Crippen molar-refractivity contribution in [1.29, 1.82) is 0 Å². The Morgan fingerprint density at radius 2 is 2.06 bits per heavy atom. The van der Waals surface area contributed by atoms with Crippen LogP contribution in [0.3, 0.4) is 0 Å². The van der Waals surface area contributed by atoms with Crippen molar-refractivity contribution in [3.8, 4) is 0 Å². The van der Waals surface area contributed by atoms with Gasteiger partial charge in [0.05, 0.1) is 4.83 Å². The van der Waals surface area contributed by atoms with E-state index in [9.17, 15) is 4.79 Å². The van der Waals surface area contributed by atoms with Crippen LogP contribution in [0.5, 0.6) is 0 Å². The van der Waals surface area contributed by atoms with Gasteiger partial charge in [0, 0.05) is 13.1 Å². The SMILES string of the molecule is Cc1ccc(CN2CCCC(Br)C2=O)cc1. The number of piperidine rings is 1. The summed E-state index contributed by atoms with van der Waals surface area (Å²) in [7, 11) is 0. The van der Waals surface area contributed by atoms with Crippen molar-refractivity contribution in [2.24, 2.45) is 0 Å². The van der Waals surface area contributed by atoms with E-state index in [1.807, 2.05) is 4.90 Å². The molecule has 0 bridgehead atoms. The van der Waals surface area contributed by atoms with Gasteiger partial charge in [0.2, 0.25) is 5.91 Å². The Balaban J connectivity index is 2.03. The Bertz CT molecular complexity index is 374. The summed E-state index contributed by atoms with van der Waals surface area (Å²) in [6, 6.07) is 8.38. The predicted molar refractivity (Wildman–Crippen MR) is 68.5 cm³/mol. The third kappa shape index (κ3) is 2.64. The summed E-state index contributed by atoms with van der Waals surface area (Å²) < 4.78 is 0. The molecule has 16 heavy (non-hydrogen) atoms.